The van der Waals surface area contributed by atoms with Gasteiger partial charge in [-0.05, 0) is 37.6 Å². The summed E-state index contributed by atoms with van der Waals surface area (Å²) in [6.07, 6.45) is 0. The Morgan fingerprint density at radius 2 is 2.06 bits per heavy atom. The molecule has 0 bridgehead atoms. The zero-order valence-corrected chi connectivity index (χ0v) is 9.11. The van der Waals surface area contributed by atoms with Crippen LogP contribution in [0.2, 0.25) is 0 Å². The lowest BCUT2D eigenvalue weighted by molar-refractivity contribution is 0.0706. The van der Waals surface area contributed by atoms with Gasteiger partial charge in [-0.1, -0.05) is 6.07 Å². The summed E-state index contributed by atoms with van der Waals surface area (Å²) in [5, 5.41) is 9.47. The van der Waals surface area contributed by atoms with Crippen LogP contribution in [0.3, 0.4) is 0 Å². The molecule has 1 amide bonds. The fraction of sp³-hybridized carbons (Fsp3) is 0.167. The molecule has 16 heavy (non-hydrogen) atoms. The van der Waals surface area contributed by atoms with Gasteiger partial charge in [-0.2, -0.15) is 0 Å². The molecule has 4 nitrogen and oxygen atoms in total. The Labute approximate surface area is 92.9 Å². The molecule has 0 radical (unpaired) electrons. The molecule has 2 N–H and O–H groups in total. The highest BCUT2D eigenvalue weighted by Gasteiger charge is 2.08. The van der Waals surface area contributed by atoms with E-state index in [9.17, 15) is 4.79 Å². The van der Waals surface area contributed by atoms with Crippen molar-refractivity contribution in [3.8, 4) is 0 Å². The van der Waals surface area contributed by atoms with Crippen molar-refractivity contribution in [2.24, 2.45) is 0 Å². The van der Waals surface area contributed by atoms with Crippen LogP contribution in [0.15, 0.2) is 24.3 Å². The number of hydroxylamine groups is 1. The first-order valence-electron chi connectivity index (χ1n) is 4.94. The second-order valence-corrected chi connectivity index (χ2v) is 3.76. The molecule has 0 saturated carbocycles. The third-order valence-electron chi connectivity index (χ3n) is 2.49. The smallest absolute Gasteiger partial charge is 0.274 e. The van der Waals surface area contributed by atoms with Gasteiger partial charge in [0.2, 0.25) is 0 Å². The van der Waals surface area contributed by atoms with E-state index < -0.39 is 5.91 Å². The van der Waals surface area contributed by atoms with Gasteiger partial charge in [-0.3, -0.25) is 15.0 Å². The van der Waals surface area contributed by atoms with Crippen molar-refractivity contribution in [2.75, 3.05) is 0 Å². The first kappa shape index (κ1) is 10.6. The number of hydrogen-bond acceptors (Lipinski definition) is 3. The summed E-state index contributed by atoms with van der Waals surface area (Å²) in [4.78, 5) is 15.7. The summed E-state index contributed by atoms with van der Waals surface area (Å²) in [6.45, 7) is 3.82. The third-order valence-corrected chi connectivity index (χ3v) is 2.49. The Hall–Kier alpha value is -1.94. The number of aromatic nitrogens is 1. The second-order valence-electron chi connectivity index (χ2n) is 3.76. The van der Waals surface area contributed by atoms with Crippen molar-refractivity contribution in [1.29, 1.82) is 0 Å². The van der Waals surface area contributed by atoms with Gasteiger partial charge in [-0.25, -0.2) is 5.48 Å². The lowest BCUT2D eigenvalue weighted by Crippen LogP contribution is -2.18. The number of amides is 1. The van der Waals surface area contributed by atoms with E-state index in [4.69, 9.17) is 5.21 Å². The number of rotatable bonds is 1. The highest BCUT2D eigenvalue weighted by Crippen LogP contribution is 2.19. The van der Waals surface area contributed by atoms with E-state index in [0.29, 0.717) is 5.56 Å². The Morgan fingerprint density at radius 3 is 2.75 bits per heavy atom. The van der Waals surface area contributed by atoms with Crippen molar-refractivity contribution >= 4 is 16.8 Å². The predicted octanol–water partition coefficient (Wildman–Crippen LogP) is 1.97. The van der Waals surface area contributed by atoms with E-state index in [2.05, 4.69) is 4.98 Å². The lowest BCUT2D eigenvalue weighted by atomic mass is 10.1. The van der Waals surface area contributed by atoms with Crippen LogP contribution < -0.4 is 5.48 Å². The van der Waals surface area contributed by atoms with Crippen LogP contribution >= 0.6 is 0 Å². The summed E-state index contributed by atoms with van der Waals surface area (Å²) in [6, 6.07) is 7.22. The van der Waals surface area contributed by atoms with Crippen molar-refractivity contribution in [2.45, 2.75) is 13.8 Å². The summed E-state index contributed by atoms with van der Waals surface area (Å²) >= 11 is 0. The molecule has 1 aromatic carbocycles. The van der Waals surface area contributed by atoms with Gasteiger partial charge in [0.1, 0.15) is 0 Å². The lowest BCUT2D eigenvalue weighted by Gasteiger charge is -2.05. The Kier molecular flexibility index (Phi) is 2.58. The molecule has 0 fully saturated rings. The van der Waals surface area contributed by atoms with E-state index in [1.54, 1.807) is 17.6 Å². The van der Waals surface area contributed by atoms with E-state index >= 15 is 0 Å². The maximum Gasteiger partial charge on any atom is 0.274 e. The fourth-order valence-corrected chi connectivity index (χ4v) is 1.71. The summed E-state index contributed by atoms with van der Waals surface area (Å²) in [5.41, 5.74) is 4.79. The number of nitrogens with one attached hydrogen (secondary N) is 1. The van der Waals surface area contributed by atoms with Gasteiger partial charge in [0.25, 0.3) is 5.91 Å². The van der Waals surface area contributed by atoms with Crippen LogP contribution in [0.1, 0.15) is 21.6 Å². The fourth-order valence-electron chi connectivity index (χ4n) is 1.71. The number of benzene rings is 1. The molecule has 2 rings (SSSR count). The highest BCUT2D eigenvalue weighted by atomic mass is 16.5. The predicted molar refractivity (Wildman–Crippen MR) is 60.5 cm³/mol. The number of carbonyl (C=O) groups excluding carboxylic acids is 1. The highest BCUT2D eigenvalue weighted by molar-refractivity contribution is 5.98. The Morgan fingerprint density at radius 1 is 1.31 bits per heavy atom. The zero-order valence-electron chi connectivity index (χ0n) is 9.11. The number of pyridine rings is 1. The molecule has 0 unspecified atom stereocenters. The summed E-state index contributed by atoms with van der Waals surface area (Å²) in [7, 11) is 0. The molecule has 0 spiro atoms. The largest absolute Gasteiger partial charge is 0.288 e. The van der Waals surface area contributed by atoms with Gasteiger partial charge >= 0.3 is 0 Å². The molecule has 82 valence electrons. The first-order chi connectivity index (χ1) is 7.61. The average molecular weight is 216 g/mol. The zero-order chi connectivity index (χ0) is 11.7. The molecule has 0 aliphatic carbocycles. The van der Waals surface area contributed by atoms with Gasteiger partial charge in [0.15, 0.2) is 0 Å². The maximum absolute atomic E-state index is 11.3. The molecule has 0 aliphatic rings. The molecular weight excluding hydrogens is 204 g/mol. The van der Waals surface area contributed by atoms with E-state index in [0.717, 1.165) is 22.2 Å². The standard InChI is InChI=1S/C12H12N2O2/c1-7-5-10(12(15)14-16)6-9-4-3-8(2)13-11(7)9/h3-6,16H,1-2H3,(H,14,15). The monoisotopic (exact) mass is 216 g/mol. The second kappa shape index (κ2) is 3.90. The number of fused-ring (bicyclic) bond motifs is 1. The van der Waals surface area contributed by atoms with Crippen LogP contribution in [0, 0.1) is 13.8 Å². The quantitative estimate of drug-likeness (QED) is 0.566. The number of nitrogens with zero attached hydrogens (tertiary/aromatic N) is 1. The molecule has 0 aliphatic heterocycles. The van der Waals surface area contributed by atoms with Crippen molar-refractivity contribution in [3.63, 3.8) is 0 Å². The van der Waals surface area contributed by atoms with Crippen molar-refractivity contribution < 1.29 is 10.0 Å². The van der Waals surface area contributed by atoms with Gasteiger partial charge in [-0.15, -0.1) is 0 Å². The van der Waals surface area contributed by atoms with E-state index in [1.165, 1.54) is 0 Å². The molecule has 4 heteroatoms. The normalized spacial score (nSPS) is 10.4. The number of carbonyl (C=O) groups is 1. The molecular formula is C12H12N2O2. The maximum atomic E-state index is 11.3. The average Bonchev–Trinajstić information content (AvgIpc) is 2.28. The molecule has 0 atom stereocenters. The molecule has 0 saturated heterocycles. The van der Waals surface area contributed by atoms with E-state index in [1.807, 2.05) is 26.0 Å². The number of aryl methyl sites for hydroxylation is 2. The van der Waals surface area contributed by atoms with Crippen molar-refractivity contribution in [1.82, 2.24) is 10.5 Å². The molecule has 1 heterocycles. The number of hydrogen-bond donors (Lipinski definition) is 2. The SMILES string of the molecule is Cc1ccc2cc(C(=O)NO)cc(C)c2n1. The molecule has 2 aromatic rings. The van der Waals surface area contributed by atoms with Crippen molar-refractivity contribution in [3.05, 3.63) is 41.1 Å². The topological polar surface area (TPSA) is 62.2 Å². The minimum atomic E-state index is -0.509. The summed E-state index contributed by atoms with van der Waals surface area (Å²) in [5.74, 6) is -0.509. The first-order valence-corrected chi connectivity index (χ1v) is 4.94. The van der Waals surface area contributed by atoms with Gasteiger partial charge in [0, 0.05) is 16.6 Å². The van der Waals surface area contributed by atoms with Crippen LogP contribution in [-0.4, -0.2) is 16.1 Å². The summed E-state index contributed by atoms with van der Waals surface area (Å²) < 4.78 is 0. The van der Waals surface area contributed by atoms with Crippen LogP contribution in [-0.2, 0) is 0 Å². The Balaban J connectivity index is 2.68. The van der Waals surface area contributed by atoms with Gasteiger partial charge in [0.05, 0.1) is 5.52 Å². The minimum absolute atomic E-state index is 0.429. The minimum Gasteiger partial charge on any atom is -0.288 e. The van der Waals surface area contributed by atoms with Gasteiger partial charge < -0.3 is 0 Å². The van der Waals surface area contributed by atoms with Crippen LogP contribution in [0.25, 0.3) is 10.9 Å². The molecule has 1 aromatic heterocycles. The third kappa shape index (κ3) is 1.75. The Bertz CT molecular complexity index is 564. The van der Waals surface area contributed by atoms with Crippen LogP contribution in [0.5, 0.6) is 0 Å². The van der Waals surface area contributed by atoms with E-state index in [-0.39, 0.29) is 0 Å². The van der Waals surface area contributed by atoms with Crippen LogP contribution in [0.4, 0.5) is 0 Å².